The Morgan fingerprint density at radius 3 is 2.56 bits per heavy atom. The molecule has 0 aromatic carbocycles. The van der Waals surface area contributed by atoms with Gasteiger partial charge in [0.05, 0.1) is 6.10 Å². The Labute approximate surface area is 151 Å². The van der Waals surface area contributed by atoms with E-state index in [1.807, 2.05) is 0 Å². The number of ether oxygens (including phenoxy) is 1. The molecule has 0 bridgehead atoms. The summed E-state index contributed by atoms with van der Waals surface area (Å²) in [6.45, 7) is 0.624. The average molecular weight is 354 g/mol. The van der Waals surface area contributed by atoms with Crippen molar-refractivity contribution in [2.75, 3.05) is 13.7 Å². The topological polar surface area (TPSA) is 80.7 Å². The third-order valence-electron chi connectivity index (χ3n) is 4.98. The van der Waals surface area contributed by atoms with Crippen LogP contribution in [0.25, 0.3) is 0 Å². The molecule has 0 spiro atoms. The van der Waals surface area contributed by atoms with Crippen LogP contribution in [-0.2, 0) is 19.1 Å². The van der Waals surface area contributed by atoms with E-state index in [1.54, 1.807) is 7.11 Å². The molecule has 2 atom stereocenters. The van der Waals surface area contributed by atoms with Gasteiger partial charge in [-0.1, -0.05) is 0 Å². The van der Waals surface area contributed by atoms with Crippen LogP contribution in [0.4, 0.5) is 0 Å². The Bertz CT molecular complexity index is 418. The van der Waals surface area contributed by atoms with Gasteiger partial charge in [0.2, 0.25) is 0 Å². The third kappa shape index (κ3) is 11.2. The molecule has 0 aromatic heterocycles. The number of hydrogen-bond acceptors (Lipinski definition) is 5. The van der Waals surface area contributed by atoms with Crippen LogP contribution >= 0.6 is 0 Å². The molecule has 1 fully saturated rings. The summed E-state index contributed by atoms with van der Waals surface area (Å²) in [5.74, 6) is 0.831. The number of aliphatic hydroxyl groups excluding tert-OH is 1. The first kappa shape index (κ1) is 22.0. The van der Waals surface area contributed by atoms with Crippen molar-refractivity contribution in [1.29, 1.82) is 0 Å². The van der Waals surface area contributed by atoms with Crippen LogP contribution in [0.2, 0.25) is 0 Å². The average Bonchev–Trinajstić information content (AvgIpc) is 2.59. The largest absolute Gasteiger partial charge is 0.393 e. The lowest BCUT2D eigenvalue weighted by atomic mass is 9.87. The Hall–Kier alpha value is -1.07. The van der Waals surface area contributed by atoms with Gasteiger partial charge in [0.25, 0.3) is 0 Å². The summed E-state index contributed by atoms with van der Waals surface area (Å²) in [7, 11) is 1.63. The molecule has 1 N–H and O–H groups in total. The van der Waals surface area contributed by atoms with Gasteiger partial charge in [-0.25, -0.2) is 0 Å². The lowest BCUT2D eigenvalue weighted by Crippen LogP contribution is -2.15. The van der Waals surface area contributed by atoms with Gasteiger partial charge in [-0.05, 0) is 50.9 Å². The van der Waals surface area contributed by atoms with E-state index in [0.29, 0.717) is 64.4 Å². The van der Waals surface area contributed by atoms with E-state index in [1.165, 1.54) is 0 Å². The molecule has 5 heteroatoms. The van der Waals surface area contributed by atoms with Crippen molar-refractivity contribution in [2.45, 2.75) is 89.6 Å². The Morgan fingerprint density at radius 2 is 1.84 bits per heavy atom. The second kappa shape index (κ2) is 13.2. The van der Waals surface area contributed by atoms with Crippen LogP contribution in [0.5, 0.6) is 0 Å². The first-order valence-electron chi connectivity index (χ1n) is 9.73. The Kier molecular flexibility index (Phi) is 11.6. The van der Waals surface area contributed by atoms with Gasteiger partial charge in [0.1, 0.15) is 17.3 Å². The fraction of sp³-hybridized carbons (Fsp3) is 0.850. The van der Waals surface area contributed by atoms with Crippen molar-refractivity contribution < 1.29 is 24.2 Å². The minimum absolute atomic E-state index is 0.140. The Balaban J connectivity index is 2.28. The standard InChI is InChI=1S/C20H34O5/c1-25-14-4-7-18(22)12-13-19(23)11-9-16-8-10-17(21)5-2-3-6-20(24)15-16/h16,18,22H,2-15H2,1H3. The molecule has 1 aliphatic rings. The zero-order valence-corrected chi connectivity index (χ0v) is 15.6. The van der Waals surface area contributed by atoms with E-state index in [4.69, 9.17) is 4.74 Å². The number of aliphatic hydroxyl groups is 1. The van der Waals surface area contributed by atoms with Crippen LogP contribution < -0.4 is 0 Å². The molecule has 1 rings (SSSR count). The van der Waals surface area contributed by atoms with Crippen LogP contribution in [0.1, 0.15) is 83.5 Å². The maximum Gasteiger partial charge on any atom is 0.133 e. The predicted octanol–water partition coefficient (Wildman–Crippen LogP) is 3.40. The second-order valence-corrected chi connectivity index (χ2v) is 7.30. The molecular weight excluding hydrogens is 320 g/mol. The number of rotatable bonds is 10. The van der Waals surface area contributed by atoms with Crippen molar-refractivity contribution in [1.82, 2.24) is 0 Å². The normalized spacial score (nSPS) is 21.1. The van der Waals surface area contributed by atoms with Crippen molar-refractivity contribution in [3.63, 3.8) is 0 Å². The molecule has 144 valence electrons. The molecule has 0 amide bonds. The summed E-state index contributed by atoms with van der Waals surface area (Å²) >= 11 is 0. The summed E-state index contributed by atoms with van der Waals surface area (Å²) in [5.41, 5.74) is 0. The molecule has 5 nitrogen and oxygen atoms in total. The number of Topliss-reactive ketones (excluding diaryl/α,β-unsaturated/α-hetero) is 3. The highest BCUT2D eigenvalue weighted by atomic mass is 16.5. The third-order valence-corrected chi connectivity index (χ3v) is 4.98. The SMILES string of the molecule is COCCCC(O)CCC(=O)CCC1CCC(=O)CCCCC(=O)C1. The van der Waals surface area contributed by atoms with E-state index in [-0.39, 0.29) is 23.3 Å². The Morgan fingerprint density at radius 1 is 1.12 bits per heavy atom. The highest BCUT2D eigenvalue weighted by Crippen LogP contribution is 2.23. The molecule has 1 aliphatic carbocycles. The summed E-state index contributed by atoms with van der Waals surface area (Å²) in [6, 6.07) is 0. The van der Waals surface area contributed by atoms with Gasteiger partial charge < -0.3 is 9.84 Å². The van der Waals surface area contributed by atoms with Gasteiger partial charge in [0, 0.05) is 52.2 Å². The van der Waals surface area contributed by atoms with Crippen molar-refractivity contribution in [3.8, 4) is 0 Å². The molecule has 0 aliphatic heterocycles. The number of hydrogen-bond donors (Lipinski definition) is 1. The predicted molar refractivity (Wildman–Crippen MR) is 96.4 cm³/mol. The smallest absolute Gasteiger partial charge is 0.133 e. The lowest BCUT2D eigenvalue weighted by molar-refractivity contribution is -0.123. The minimum Gasteiger partial charge on any atom is -0.393 e. The van der Waals surface area contributed by atoms with Gasteiger partial charge in [-0.3, -0.25) is 14.4 Å². The molecule has 2 unspecified atom stereocenters. The van der Waals surface area contributed by atoms with Crippen LogP contribution in [0.15, 0.2) is 0 Å². The van der Waals surface area contributed by atoms with E-state index >= 15 is 0 Å². The summed E-state index contributed by atoms with van der Waals surface area (Å²) in [5, 5.41) is 9.84. The maximum atomic E-state index is 12.1. The van der Waals surface area contributed by atoms with Gasteiger partial charge >= 0.3 is 0 Å². The van der Waals surface area contributed by atoms with E-state index < -0.39 is 6.10 Å². The fourth-order valence-corrected chi connectivity index (χ4v) is 3.33. The quantitative estimate of drug-likeness (QED) is 0.608. The zero-order valence-electron chi connectivity index (χ0n) is 15.6. The second-order valence-electron chi connectivity index (χ2n) is 7.30. The van der Waals surface area contributed by atoms with Crippen LogP contribution in [-0.4, -0.2) is 42.3 Å². The number of methoxy groups -OCH3 is 1. The van der Waals surface area contributed by atoms with Crippen molar-refractivity contribution in [2.24, 2.45) is 5.92 Å². The van der Waals surface area contributed by atoms with Crippen molar-refractivity contribution in [3.05, 3.63) is 0 Å². The number of carbonyl (C=O) groups excluding carboxylic acids is 3. The molecule has 0 radical (unpaired) electrons. The first-order chi connectivity index (χ1) is 12.0. The molecule has 1 saturated carbocycles. The fourth-order valence-electron chi connectivity index (χ4n) is 3.33. The van der Waals surface area contributed by atoms with E-state index in [0.717, 1.165) is 25.7 Å². The highest BCUT2D eigenvalue weighted by molar-refractivity contribution is 5.81. The maximum absolute atomic E-state index is 12.1. The monoisotopic (exact) mass is 354 g/mol. The van der Waals surface area contributed by atoms with Gasteiger partial charge in [0.15, 0.2) is 0 Å². The highest BCUT2D eigenvalue weighted by Gasteiger charge is 2.19. The van der Waals surface area contributed by atoms with Crippen LogP contribution in [0.3, 0.4) is 0 Å². The van der Waals surface area contributed by atoms with E-state index in [9.17, 15) is 19.5 Å². The molecule has 0 saturated heterocycles. The van der Waals surface area contributed by atoms with E-state index in [2.05, 4.69) is 0 Å². The van der Waals surface area contributed by atoms with Gasteiger partial charge in [-0.15, -0.1) is 0 Å². The summed E-state index contributed by atoms with van der Waals surface area (Å²) in [4.78, 5) is 35.8. The summed E-state index contributed by atoms with van der Waals surface area (Å²) in [6.07, 6.45) is 7.51. The van der Waals surface area contributed by atoms with Crippen LogP contribution in [0, 0.1) is 5.92 Å². The molecular formula is C20H34O5. The van der Waals surface area contributed by atoms with Crippen molar-refractivity contribution >= 4 is 17.3 Å². The minimum atomic E-state index is -0.452. The number of carbonyl (C=O) groups is 3. The first-order valence-corrected chi connectivity index (χ1v) is 9.73. The lowest BCUT2D eigenvalue weighted by Gasteiger charge is -2.17. The molecule has 0 heterocycles. The molecule has 25 heavy (non-hydrogen) atoms. The summed E-state index contributed by atoms with van der Waals surface area (Å²) < 4.78 is 4.95. The zero-order chi connectivity index (χ0) is 18.5. The molecule has 0 aromatic rings. The van der Waals surface area contributed by atoms with Gasteiger partial charge in [-0.2, -0.15) is 0 Å². The number of ketones is 3.